The number of halogens is 3. The zero-order valence-electron chi connectivity index (χ0n) is 10.4. The number of aromatic nitrogens is 2. The van der Waals surface area contributed by atoms with Crippen molar-refractivity contribution in [2.45, 2.75) is 5.51 Å². The molecule has 0 unspecified atom stereocenters. The zero-order chi connectivity index (χ0) is 16.7. The van der Waals surface area contributed by atoms with Crippen LogP contribution < -0.4 is 9.74 Å². The minimum absolute atomic E-state index is 0.0648. The van der Waals surface area contributed by atoms with Crippen molar-refractivity contribution in [2.75, 3.05) is 7.11 Å². The van der Waals surface area contributed by atoms with E-state index in [0.29, 0.717) is 0 Å². The van der Waals surface area contributed by atoms with Crippen LogP contribution in [0.5, 0.6) is 5.75 Å². The van der Waals surface area contributed by atoms with Gasteiger partial charge in [-0.25, -0.2) is 9.78 Å². The standard InChI is InChI=1S/C9H5F3N2O6S2/c1-19-8(16)3-5(20-22(17,18)9(10,11)12)4-7(14-6(3)15)21-2-13-4/h2H,1H3,(H,14,15). The van der Waals surface area contributed by atoms with Crippen molar-refractivity contribution in [1.82, 2.24) is 9.97 Å². The lowest BCUT2D eigenvalue weighted by Crippen LogP contribution is -2.30. The van der Waals surface area contributed by atoms with Crippen LogP contribution in [0, 0.1) is 0 Å². The average molecular weight is 358 g/mol. The number of esters is 1. The van der Waals surface area contributed by atoms with Gasteiger partial charge in [0.1, 0.15) is 10.3 Å². The number of alkyl halides is 3. The van der Waals surface area contributed by atoms with E-state index in [-0.39, 0.29) is 4.83 Å². The van der Waals surface area contributed by atoms with Crippen LogP contribution in [0.25, 0.3) is 10.3 Å². The molecule has 0 bridgehead atoms. The van der Waals surface area contributed by atoms with Crippen molar-refractivity contribution < 1.29 is 35.3 Å². The maximum Gasteiger partial charge on any atom is 0.534 e. The Morgan fingerprint density at radius 2 is 2.05 bits per heavy atom. The molecule has 0 amide bonds. The molecule has 0 fully saturated rings. The number of hydrogen-bond acceptors (Lipinski definition) is 8. The van der Waals surface area contributed by atoms with Gasteiger partial charge in [-0.1, -0.05) is 0 Å². The van der Waals surface area contributed by atoms with E-state index >= 15 is 0 Å². The van der Waals surface area contributed by atoms with Gasteiger partial charge in [0, 0.05) is 0 Å². The monoisotopic (exact) mass is 358 g/mol. The number of carbonyl (C=O) groups is 1. The summed E-state index contributed by atoms with van der Waals surface area (Å²) in [5.74, 6) is -2.51. The molecule has 0 aliphatic heterocycles. The van der Waals surface area contributed by atoms with Crippen molar-refractivity contribution in [3.05, 3.63) is 21.4 Å². The molecule has 2 aromatic heterocycles. The molecule has 2 heterocycles. The van der Waals surface area contributed by atoms with E-state index in [4.69, 9.17) is 0 Å². The SMILES string of the molecule is COC(=O)c1c(OS(=O)(=O)C(F)(F)F)c2ncsc2[nH]c1=O. The Bertz CT molecular complexity index is 898. The number of fused-ring (bicyclic) bond motifs is 1. The number of methoxy groups -OCH3 is 1. The number of thiazole rings is 1. The highest BCUT2D eigenvalue weighted by molar-refractivity contribution is 7.88. The predicted molar refractivity (Wildman–Crippen MR) is 67.2 cm³/mol. The van der Waals surface area contributed by atoms with Crippen LogP contribution in [-0.4, -0.2) is 37.0 Å². The lowest BCUT2D eigenvalue weighted by molar-refractivity contribution is -0.0500. The number of nitrogens with zero attached hydrogens (tertiary/aromatic N) is 1. The van der Waals surface area contributed by atoms with Gasteiger partial charge in [0.15, 0.2) is 11.3 Å². The van der Waals surface area contributed by atoms with E-state index in [9.17, 15) is 31.2 Å². The summed E-state index contributed by atoms with van der Waals surface area (Å²) in [7, 11) is -5.24. The Hall–Kier alpha value is -2.15. The first-order valence-corrected chi connectivity index (χ1v) is 7.46. The summed E-state index contributed by atoms with van der Waals surface area (Å²) in [6.07, 6.45) is 0. The van der Waals surface area contributed by atoms with Gasteiger partial charge in [0.2, 0.25) is 0 Å². The quantitative estimate of drug-likeness (QED) is 0.494. The molecule has 0 atom stereocenters. The van der Waals surface area contributed by atoms with E-state index in [1.807, 2.05) is 0 Å². The highest BCUT2D eigenvalue weighted by atomic mass is 32.2. The highest BCUT2D eigenvalue weighted by Gasteiger charge is 2.49. The number of H-pyrrole nitrogens is 1. The normalized spacial score (nSPS) is 12.4. The van der Waals surface area contributed by atoms with Crippen LogP contribution in [0.3, 0.4) is 0 Å². The lowest BCUT2D eigenvalue weighted by Gasteiger charge is -2.11. The second kappa shape index (κ2) is 5.24. The van der Waals surface area contributed by atoms with Gasteiger partial charge in [0.25, 0.3) is 5.56 Å². The first-order chi connectivity index (χ1) is 10.1. The molecule has 8 nitrogen and oxygen atoms in total. The predicted octanol–water partition coefficient (Wildman–Crippen LogP) is 1.000. The maximum atomic E-state index is 12.4. The molecule has 120 valence electrons. The molecule has 0 spiro atoms. The summed E-state index contributed by atoms with van der Waals surface area (Å²) in [5.41, 5.74) is -7.25. The average Bonchev–Trinajstić information content (AvgIpc) is 2.84. The second-order valence-corrected chi connectivity index (χ2v) is 6.06. The maximum absolute atomic E-state index is 12.4. The molecule has 1 N–H and O–H groups in total. The molecule has 22 heavy (non-hydrogen) atoms. The fourth-order valence-electron chi connectivity index (χ4n) is 1.41. The van der Waals surface area contributed by atoms with E-state index in [1.165, 1.54) is 0 Å². The van der Waals surface area contributed by atoms with Crippen LogP contribution in [-0.2, 0) is 14.9 Å². The largest absolute Gasteiger partial charge is 0.534 e. The zero-order valence-corrected chi connectivity index (χ0v) is 12.1. The molecule has 0 saturated carbocycles. The van der Waals surface area contributed by atoms with Crippen LogP contribution in [0.15, 0.2) is 10.3 Å². The number of aromatic amines is 1. The molecule has 2 aromatic rings. The molecular formula is C9H5F3N2O6S2. The van der Waals surface area contributed by atoms with Crippen LogP contribution >= 0.6 is 11.3 Å². The minimum atomic E-state index is -6.10. The van der Waals surface area contributed by atoms with Crippen LogP contribution in [0.1, 0.15) is 10.4 Å². The third-order valence-electron chi connectivity index (χ3n) is 2.33. The van der Waals surface area contributed by atoms with E-state index in [1.54, 1.807) is 0 Å². The first kappa shape index (κ1) is 16.2. The summed E-state index contributed by atoms with van der Waals surface area (Å²) in [6.45, 7) is 0. The molecule has 2 rings (SSSR count). The van der Waals surface area contributed by atoms with Gasteiger partial charge in [-0.3, -0.25) is 4.79 Å². The summed E-state index contributed by atoms with van der Waals surface area (Å²) in [6, 6.07) is 0. The fraction of sp³-hybridized carbons (Fsp3) is 0.222. The molecule has 0 radical (unpaired) electrons. The van der Waals surface area contributed by atoms with Crippen molar-refractivity contribution in [3.8, 4) is 5.75 Å². The highest BCUT2D eigenvalue weighted by Crippen LogP contribution is 2.33. The number of nitrogens with one attached hydrogen (secondary N) is 1. The smallest absolute Gasteiger partial charge is 0.465 e. The first-order valence-electron chi connectivity index (χ1n) is 5.17. The summed E-state index contributed by atoms with van der Waals surface area (Å²) in [5, 5.41) is 0. The van der Waals surface area contributed by atoms with Crippen molar-refractivity contribution in [3.63, 3.8) is 0 Å². The summed E-state index contributed by atoms with van der Waals surface area (Å²) >= 11 is 0.802. The molecular weight excluding hydrogens is 353 g/mol. The van der Waals surface area contributed by atoms with Gasteiger partial charge in [-0.2, -0.15) is 21.6 Å². The molecule has 0 aliphatic rings. The van der Waals surface area contributed by atoms with E-state index < -0.39 is 44.0 Å². The van der Waals surface area contributed by atoms with E-state index in [0.717, 1.165) is 24.0 Å². The van der Waals surface area contributed by atoms with Gasteiger partial charge in [0.05, 0.1) is 12.6 Å². The molecule has 13 heteroatoms. The van der Waals surface area contributed by atoms with Crippen LogP contribution in [0.2, 0.25) is 0 Å². The summed E-state index contributed by atoms with van der Waals surface area (Å²) < 4.78 is 67.7. The molecule has 0 aliphatic carbocycles. The van der Waals surface area contributed by atoms with Crippen molar-refractivity contribution in [2.24, 2.45) is 0 Å². The van der Waals surface area contributed by atoms with Gasteiger partial charge in [-0.05, 0) is 0 Å². The number of pyridine rings is 1. The Labute approximate surface area is 123 Å². The third-order valence-corrected chi connectivity index (χ3v) is 4.02. The Morgan fingerprint density at radius 1 is 1.41 bits per heavy atom. The topological polar surface area (TPSA) is 115 Å². The van der Waals surface area contributed by atoms with E-state index in [2.05, 4.69) is 18.9 Å². The van der Waals surface area contributed by atoms with Crippen molar-refractivity contribution in [1.29, 1.82) is 0 Å². The Morgan fingerprint density at radius 3 is 2.59 bits per heavy atom. The minimum Gasteiger partial charge on any atom is -0.465 e. The second-order valence-electron chi connectivity index (χ2n) is 3.66. The van der Waals surface area contributed by atoms with Crippen LogP contribution in [0.4, 0.5) is 13.2 Å². The fourth-order valence-corrected chi connectivity index (χ4v) is 2.56. The Balaban J connectivity index is 2.78. The number of hydrogen-bond donors (Lipinski definition) is 1. The number of ether oxygens (including phenoxy) is 1. The molecule has 0 saturated heterocycles. The van der Waals surface area contributed by atoms with Gasteiger partial charge >= 0.3 is 21.6 Å². The molecule has 0 aromatic carbocycles. The summed E-state index contributed by atoms with van der Waals surface area (Å²) in [4.78, 5) is 29.0. The van der Waals surface area contributed by atoms with Gasteiger partial charge < -0.3 is 13.9 Å². The third kappa shape index (κ3) is 2.64. The van der Waals surface area contributed by atoms with Gasteiger partial charge in [-0.15, -0.1) is 11.3 Å². The number of rotatable bonds is 3. The Kier molecular flexibility index (Phi) is 3.87. The lowest BCUT2D eigenvalue weighted by atomic mass is 10.2. The number of carbonyl (C=O) groups excluding carboxylic acids is 1. The van der Waals surface area contributed by atoms with Crippen molar-refractivity contribution >= 4 is 37.8 Å².